The van der Waals surface area contributed by atoms with Gasteiger partial charge in [-0.2, -0.15) is 0 Å². The smallest absolute Gasteiger partial charge is 0.335 e. The molecule has 2 aromatic carbocycles. The van der Waals surface area contributed by atoms with Gasteiger partial charge in [0.2, 0.25) is 5.91 Å². The summed E-state index contributed by atoms with van der Waals surface area (Å²) in [4.78, 5) is 26.0. The molecule has 6 heteroatoms. The van der Waals surface area contributed by atoms with Gasteiger partial charge >= 0.3 is 5.97 Å². The predicted molar refractivity (Wildman–Crippen MR) is 117 cm³/mol. The minimum Gasteiger partial charge on any atom is -0.492 e. The molecule has 1 amide bonds. The zero-order chi connectivity index (χ0) is 22.2. The molecule has 2 aromatic rings. The number of nitrogens with zero attached hydrogens (tertiary/aromatic N) is 1. The van der Waals surface area contributed by atoms with E-state index in [9.17, 15) is 9.59 Å². The second-order valence-electron chi connectivity index (χ2n) is 8.69. The molecular formula is C25H27NO5. The molecule has 1 heterocycles. The zero-order valence-electron chi connectivity index (χ0n) is 18.1. The molecule has 0 aromatic heterocycles. The number of amides is 1. The maximum absolute atomic E-state index is 13.0. The van der Waals surface area contributed by atoms with Gasteiger partial charge in [0.1, 0.15) is 5.60 Å². The van der Waals surface area contributed by atoms with E-state index < -0.39 is 11.6 Å². The van der Waals surface area contributed by atoms with Crippen molar-refractivity contribution in [1.82, 2.24) is 4.90 Å². The van der Waals surface area contributed by atoms with Crippen molar-refractivity contribution >= 4 is 18.0 Å². The predicted octanol–water partition coefficient (Wildman–Crippen LogP) is 4.52. The number of benzene rings is 2. The summed E-state index contributed by atoms with van der Waals surface area (Å²) in [5.41, 5.74) is 2.51. The lowest BCUT2D eigenvalue weighted by Crippen LogP contribution is -2.32. The zero-order valence-corrected chi connectivity index (χ0v) is 18.1. The number of carboxylic acids is 1. The summed E-state index contributed by atoms with van der Waals surface area (Å²) in [7, 11) is 1.62. The van der Waals surface area contributed by atoms with Gasteiger partial charge in [0.25, 0.3) is 0 Å². The summed E-state index contributed by atoms with van der Waals surface area (Å²) in [5.74, 6) is 0.554. The Bertz CT molecular complexity index is 1030. The van der Waals surface area contributed by atoms with E-state index in [-0.39, 0.29) is 17.4 Å². The Morgan fingerprint density at radius 3 is 2.45 bits per heavy atom. The summed E-state index contributed by atoms with van der Waals surface area (Å²) in [6, 6.07) is 10.6. The first-order chi connectivity index (χ1) is 14.8. The minimum absolute atomic E-state index is 0.0695. The van der Waals surface area contributed by atoms with Crippen LogP contribution in [0.15, 0.2) is 42.5 Å². The van der Waals surface area contributed by atoms with Crippen molar-refractivity contribution in [3.63, 3.8) is 0 Å². The van der Waals surface area contributed by atoms with E-state index in [0.29, 0.717) is 24.6 Å². The monoisotopic (exact) mass is 421 g/mol. The fourth-order valence-corrected chi connectivity index (χ4v) is 3.77. The van der Waals surface area contributed by atoms with E-state index in [1.54, 1.807) is 31.4 Å². The Hall–Kier alpha value is -3.28. The van der Waals surface area contributed by atoms with Crippen molar-refractivity contribution in [2.24, 2.45) is 5.92 Å². The molecule has 4 rings (SSSR count). The number of aromatic carboxylic acids is 1. The highest BCUT2D eigenvalue weighted by Crippen LogP contribution is 2.42. The normalized spacial score (nSPS) is 16.2. The Morgan fingerprint density at radius 1 is 1.13 bits per heavy atom. The van der Waals surface area contributed by atoms with Gasteiger partial charge in [0.05, 0.1) is 12.7 Å². The van der Waals surface area contributed by atoms with Crippen molar-refractivity contribution in [1.29, 1.82) is 0 Å². The molecule has 31 heavy (non-hydrogen) atoms. The Morgan fingerprint density at radius 2 is 1.84 bits per heavy atom. The molecule has 0 radical (unpaired) electrons. The van der Waals surface area contributed by atoms with Gasteiger partial charge in [-0.05, 0) is 50.5 Å². The molecular weight excluding hydrogens is 394 g/mol. The number of carbonyl (C=O) groups excluding carboxylic acids is 1. The van der Waals surface area contributed by atoms with Crippen LogP contribution >= 0.6 is 0 Å². The topological polar surface area (TPSA) is 76.1 Å². The Balaban J connectivity index is 1.62. The number of rotatable bonds is 7. The summed E-state index contributed by atoms with van der Waals surface area (Å²) < 4.78 is 11.9. The van der Waals surface area contributed by atoms with Crippen LogP contribution in [0.4, 0.5) is 0 Å². The SMILES string of the molecule is COc1c(CN(Cc2ccc(C(=O)O)cc2)C(=O)C2CC2)ccc2c1OC(C)(C)C=C2. The highest BCUT2D eigenvalue weighted by Gasteiger charge is 2.34. The molecule has 0 saturated heterocycles. The molecule has 0 spiro atoms. The second-order valence-corrected chi connectivity index (χ2v) is 8.69. The molecule has 1 N–H and O–H groups in total. The summed E-state index contributed by atoms with van der Waals surface area (Å²) in [6.45, 7) is 4.77. The highest BCUT2D eigenvalue weighted by molar-refractivity contribution is 5.87. The number of hydrogen-bond acceptors (Lipinski definition) is 4. The molecule has 6 nitrogen and oxygen atoms in total. The molecule has 0 unspecified atom stereocenters. The maximum Gasteiger partial charge on any atom is 0.335 e. The summed E-state index contributed by atoms with van der Waals surface area (Å²) in [5, 5.41) is 9.12. The average molecular weight is 421 g/mol. The van der Waals surface area contributed by atoms with Crippen LogP contribution in [0.1, 0.15) is 53.7 Å². The first-order valence-electron chi connectivity index (χ1n) is 10.5. The third kappa shape index (κ3) is 4.58. The number of carboxylic acid groups (broad SMARTS) is 1. The highest BCUT2D eigenvalue weighted by atomic mass is 16.5. The van der Waals surface area contributed by atoms with Gasteiger partial charge in [0, 0.05) is 30.1 Å². The minimum atomic E-state index is -0.965. The van der Waals surface area contributed by atoms with Crippen molar-refractivity contribution in [3.05, 3.63) is 64.7 Å². The molecule has 1 aliphatic carbocycles. The van der Waals surface area contributed by atoms with Gasteiger partial charge < -0.3 is 19.5 Å². The van der Waals surface area contributed by atoms with Crippen LogP contribution in [0.25, 0.3) is 6.08 Å². The van der Waals surface area contributed by atoms with Gasteiger partial charge in [-0.15, -0.1) is 0 Å². The number of ether oxygens (including phenoxy) is 2. The number of fused-ring (bicyclic) bond motifs is 1. The van der Waals surface area contributed by atoms with Gasteiger partial charge in [0.15, 0.2) is 11.5 Å². The molecule has 1 fully saturated rings. The van der Waals surface area contributed by atoms with Crippen LogP contribution in [-0.2, 0) is 17.9 Å². The average Bonchev–Trinajstić information content (AvgIpc) is 3.57. The van der Waals surface area contributed by atoms with Crippen molar-refractivity contribution in [2.75, 3.05) is 7.11 Å². The lowest BCUT2D eigenvalue weighted by molar-refractivity contribution is -0.133. The number of hydrogen-bond donors (Lipinski definition) is 1. The largest absolute Gasteiger partial charge is 0.492 e. The van der Waals surface area contributed by atoms with E-state index in [4.69, 9.17) is 14.6 Å². The molecule has 1 saturated carbocycles. The summed E-state index contributed by atoms with van der Waals surface area (Å²) in [6.07, 6.45) is 5.87. The van der Waals surface area contributed by atoms with Crippen molar-refractivity contribution in [2.45, 2.75) is 45.4 Å². The van der Waals surface area contributed by atoms with Crippen molar-refractivity contribution in [3.8, 4) is 11.5 Å². The van der Waals surface area contributed by atoms with E-state index in [2.05, 4.69) is 0 Å². The third-order valence-corrected chi connectivity index (χ3v) is 5.63. The Labute approximate surface area is 182 Å². The van der Waals surface area contributed by atoms with E-state index in [1.807, 2.05) is 43.0 Å². The standard InChI is InChI=1S/C25H27NO5/c1-25(2)13-12-17-8-11-20(21(30-3)22(17)31-25)15-26(23(27)18-9-10-18)14-16-4-6-19(7-5-16)24(28)29/h4-8,11-13,18H,9-10,14-15H2,1-3H3,(H,28,29). The third-order valence-electron chi connectivity index (χ3n) is 5.63. The quantitative estimate of drug-likeness (QED) is 0.712. The van der Waals surface area contributed by atoms with E-state index in [1.165, 1.54) is 0 Å². The Kier molecular flexibility index (Phi) is 5.48. The number of methoxy groups -OCH3 is 1. The lowest BCUT2D eigenvalue weighted by atomic mass is 10.00. The van der Waals surface area contributed by atoms with E-state index in [0.717, 1.165) is 29.5 Å². The molecule has 0 bridgehead atoms. The maximum atomic E-state index is 13.0. The summed E-state index contributed by atoms with van der Waals surface area (Å²) >= 11 is 0. The fourth-order valence-electron chi connectivity index (χ4n) is 3.77. The molecule has 1 aliphatic heterocycles. The van der Waals surface area contributed by atoms with Crippen LogP contribution in [0, 0.1) is 5.92 Å². The van der Waals surface area contributed by atoms with Crippen LogP contribution in [0.5, 0.6) is 11.5 Å². The van der Waals surface area contributed by atoms with Crippen molar-refractivity contribution < 1.29 is 24.2 Å². The van der Waals surface area contributed by atoms with Gasteiger partial charge in [-0.3, -0.25) is 4.79 Å². The number of carbonyl (C=O) groups is 2. The van der Waals surface area contributed by atoms with Crippen LogP contribution in [-0.4, -0.2) is 34.6 Å². The lowest BCUT2D eigenvalue weighted by Gasteiger charge is -2.31. The second kappa shape index (κ2) is 8.10. The van der Waals surface area contributed by atoms with Crippen LogP contribution < -0.4 is 9.47 Å². The first-order valence-corrected chi connectivity index (χ1v) is 10.5. The van der Waals surface area contributed by atoms with Gasteiger partial charge in [-0.25, -0.2) is 4.79 Å². The van der Waals surface area contributed by atoms with Gasteiger partial charge in [-0.1, -0.05) is 30.3 Å². The first kappa shape index (κ1) is 21.0. The van der Waals surface area contributed by atoms with Crippen LogP contribution in [0.3, 0.4) is 0 Å². The molecule has 0 atom stereocenters. The molecule has 162 valence electrons. The van der Waals surface area contributed by atoms with Crippen LogP contribution in [0.2, 0.25) is 0 Å². The fraction of sp³-hybridized carbons (Fsp3) is 0.360. The van der Waals surface area contributed by atoms with E-state index >= 15 is 0 Å². The molecule has 2 aliphatic rings.